The molecule has 2 atom stereocenters. The van der Waals surface area contributed by atoms with Crippen molar-refractivity contribution in [1.29, 1.82) is 0 Å². The minimum absolute atomic E-state index is 0.250. The maximum Gasteiger partial charge on any atom is 0.304 e. The molecule has 0 radical (unpaired) electrons. The van der Waals surface area contributed by atoms with Crippen LogP contribution in [0.15, 0.2) is 78.9 Å². The Hall–Kier alpha value is -3.93. The first-order chi connectivity index (χ1) is 15.4. The zero-order valence-corrected chi connectivity index (χ0v) is 18.4. The van der Waals surface area contributed by atoms with E-state index in [1.54, 1.807) is 16.8 Å². The molecule has 1 saturated heterocycles. The van der Waals surface area contributed by atoms with Crippen LogP contribution in [-0.2, 0) is 4.79 Å². The van der Waals surface area contributed by atoms with Gasteiger partial charge in [-0.25, -0.2) is 0 Å². The Morgan fingerprint density at radius 2 is 1.62 bits per heavy atom. The van der Waals surface area contributed by atoms with Crippen molar-refractivity contribution in [3.8, 4) is 0 Å². The second-order valence-electron chi connectivity index (χ2n) is 8.17. The number of carbonyl (C=O) groups is 2. The number of benzene rings is 3. The summed E-state index contributed by atoms with van der Waals surface area (Å²) in [6.45, 7) is 1.97. The Labute approximate surface area is 188 Å². The predicted octanol–water partition coefficient (Wildman–Crippen LogP) is 3.08. The summed E-state index contributed by atoms with van der Waals surface area (Å²) in [5, 5.41) is 2.93. The van der Waals surface area contributed by atoms with E-state index < -0.39 is 6.04 Å². The lowest BCUT2D eigenvalue weighted by molar-refractivity contribution is -0.596. The van der Waals surface area contributed by atoms with Gasteiger partial charge in [0.2, 0.25) is 12.3 Å². The van der Waals surface area contributed by atoms with Gasteiger partial charge in [-0.2, -0.15) is 0 Å². The average molecular weight is 428 g/mol. The molecule has 0 unspecified atom stereocenters. The van der Waals surface area contributed by atoms with E-state index in [0.29, 0.717) is 5.56 Å². The van der Waals surface area contributed by atoms with Gasteiger partial charge in [0.25, 0.3) is 5.91 Å². The van der Waals surface area contributed by atoms with Crippen LogP contribution in [0.1, 0.15) is 33.1 Å². The quantitative estimate of drug-likeness (QED) is 0.615. The van der Waals surface area contributed by atoms with Crippen molar-refractivity contribution in [2.75, 3.05) is 19.0 Å². The summed E-state index contributed by atoms with van der Waals surface area (Å²) >= 11 is 0. The van der Waals surface area contributed by atoms with Gasteiger partial charge in [0.05, 0.1) is 0 Å². The molecule has 1 fully saturated rings. The second kappa shape index (κ2) is 9.06. The van der Waals surface area contributed by atoms with Crippen LogP contribution in [0.5, 0.6) is 0 Å². The molecule has 1 aliphatic rings. The topological polar surface area (TPSA) is 64.5 Å². The SMILES string of the molecule is Cc1ccc(C(=O)N[C@@H]2C(=O)N/[N+](=C\c3ccc(N(C)C)cc3)[C@@H]2c2ccccc2)cc1. The number of hydrazine groups is 1. The van der Waals surface area contributed by atoms with Crippen LogP contribution in [0, 0.1) is 6.92 Å². The first-order valence-corrected chi connectivity index (χ1v) is 10.6. The first kappa shape index (κ1) is 21.3. The Balaban J connectivity index is 1.66. The summed E-state index contributed by atoms with van der Waals surface area (Å²) in [6, 6.07) is 24.0. The molecule has 1 heterocycles. The maximum atomic E-state index is 12.9. The number of aryl methyl sites for hydroxylation is 1. The third kappa shape index (κ3) is 4.54. The lowest BCUT2D eigenvalue weighted by atomic mass is 9.99. The van der Waals surface area contributed by atoms with Crippen molar-refractivity contribution in [3.05, 3.63) is 101 Å². The molecular formula is C26H27N4O2+. The fourth-order valence-electron chi connectivity index (χ4n) is 3.78. The van der Waals surface area contributed by atoms with E-state index in [1.165, 1.54) is 0 Å². The molecule has 0 bridgehead atoms. The molecular weight excluding hydrogens is 400 g/mol. The zero-order valence-electron chi connectivity index (χ0n) is 18.4. The zero-order chi connectivity index (χ0) is 22.7. The first-order valence-electron chi connectivity index (χ1n) is 10.6. The average Bonchev–Trinajstić information content (AvgIpc) is 3.09. The number of hydrazone groups is 1. The molecule has 2 N–H and O–H groups in total. The normalized spacial score (nSPS) is 19.0. The van der Waals surface area contributed by atoms with Crippen molar-refractivity contribution < 1.29 is 14.3 Å². The lowest BCUT2D eigenvalue weighted by Gasteiger charge is -2.15. The van der Waals surface area contributed by atoms with Crippen LogP contribution in [0.25, 0.3) is 0 Å². The second-order valence-corrected chi connectivity index (χ2v) is 8.17. The summed E-state index contributed by atoms with van der Waals surface area (Å²) in [7, 11) is 3.98. The third-order valence-corrected chi connectivity index (χ3v) is 5.58. The molecule has 0 aliphatic carbocycles. The van der Waals surface area contributed by atoms with Crippen LogP contribution in [0.4, 0.5) is 5.69 Å². The maximum absolute atomic E-state index is 12.9. The van der Waals surface area contributed by atoms with Gasteiger partial charge in [-0.1, -0.05) is 48.0 Å². The summed E-state index contributed by atoms with van der Waals surface area (Å²) in [4.78, 5) is 27.8. The third-order valence-electron chi connectivity index (χ3n) is 5.58. The Kier molecular flexibility index (Phi) is 6.03. The van der Waals surface area contributed by atoms with Crippen LogP contribution < -0.4 is 15.6 Å². The minimum atomic E-state index is -0.733. The molecule has 3 aromatic rings. The van der Waals surface area contributed by atoms with Crippen LogP contribution in [-0.4, -0.2) is 42.9 Å². The fraction of sp³-hybridized carbons (Fsp3) is 0.192. The number of rotatable bonds is 5. The van der Waals surface area contributed by atoms with E-state index in [2.05, 4.69) is 10.7 Å². The summed E-state index contributed by atoms with van der Waals surface area (Å²) in [5.74, 6) is -0.524. The predicted molar refractivity (Wildman–Crippen MR) is 126 cm³/mol. The molecule has 2 amide bonds. The highest BCUT2D eigenvalue weighted by atomic mass is 16.2. The molecule has 4 rings (SSSR count). The van der Waals surface area contributed by atoms with E-state index in [1.807, 2.05) is 98.9 Å². The van der Waals surface area contributed by atoms with Crippen molar-refractivity contribution in [2.24, 2.45) is 0 Å². The van der Waals surface area contributed by atoms with Crippen molar-refractivity contribution >= 4 is 23.7 Å². The molecule has 0 aromatic heterocycles. The minimum Gasteiger partial charge on any atom is -0.378 e. The van der Waals surface area contributed by atoms with Crippen LogP contribution >= 0.6 is 0 Å². The summed E-state index contributed by atoms with van der Waals surface area (Å²) in [5.41, 5.74) is 7.49. The number of anilines is 1. The van der Waals surface area contributed by atoms with Crippen molar-refractivity contribution in [1.82, 2.24) is 10.7 Å². The van der Waals surface area contributed by atoms with Crippen molar-refractivity contribution in [3.63, 3.8) is 0 Å². The van der Waals surface area contributed by atoms with Gasteiger partial charge in [0, 0.05) is 36.5 Å². The molecule has 32 heavy (non-hydrogen) atoms. The number of nitrogens with one attached hydrogen (secondary N) is 2. The van der Waals surface area contributed by atoms with Gasteiger partial charge in [-0.15, -0.1) is 10.1 Å². The van der Waals surface area contributed by atoms with Crippen LogP contribution in [0.3, 0.4) is 0 Å². The fourth-order valence-corrected chi connectivity index (χ4v) is 3.78. The van der Waals surface area contributed by atoms with E-state index in [9.17, 15) is 9.59 Å². The largest absolute Gasteiger partial charge is 0.378 e. The van der Waals surface area contributed by atoms with Crippen molar-refractivity contribution in [2.45, 2.75) is 19.0 Å². The molecule has 6 nitrogen and oxygen atoms in total. The highest BCUT2D eigenvalue weighted by molar-refractivity contribution is 5.98. The monoisotopic (exact) mass is 427 g/mol. The molecule has 0 spiro atoms. The van der Waals surface area contributed by atoms with Crippen LogP contribution in [0.2, 0.25) is 0 Å². The van der Waals surface area contributed by atoms with E-state index in [0.717, 1.165) is 22.4 Å². The number of amides is 2. The number of hydrogen-bond acceptors (Lipinski definition) is 3. The molecule has 0 saturated carbocycles. The van der Waals surface area contributed by atoms with Gasteiger partial charge >= 0.3 is 5.91 Å². The molecule has 6 heteroatoms. The van der Waals surface area contributed by atoms with Gasteiger partial charge in [-0.05, 0) is 43.3 Å². The number of carbonyl (C=O) groups excluding carboxylic acids is 2. The highest BCUT2D eigenvalue weighted by Gasteiger charge is 2.47. The Bertz CT molecular complexity index is 1140. The van der Waals surface area contributed by atoms with Gasteiger partial charge < -0.3 is 10.2 Å². The number of hydrogen-bond donors (Lipinski definition) is 2. The van der Waals surface area contributed by atoms with Gasteiger partial charge in [0.1, 0.15) is 0 Å². The molecule has 3 aromatic carbocycles. The van der Waals surface area contributed by atoms with E-state index >= 15 is 0 Å². The van der Waals surface area contributed by atoms with E-state index in [-0.39, 0.29) is 17.9 Å². The Morgan fingerprint density at radius 1 is 0.969 bits per heavy atom. The van der Waals surface area contributed by atoms with Gasteiger partial charge in [-0.3, -0.25) is 9.59 Å². The summed E-state index contributed by atoms with van der Waals surface area (Å²) < 4.78 is 1.78. The summed E-state index contributed by atoms with van der Waals surface area (Å²) in [6.07, 6.45) is 1.90. The Morgan fingerprint density at radius 3 is 2.25 bits per heavy atom. The number of nitrogens with zero attached hydrogens (tertiary/aromatic N) is 2. The molecule has 1 aliphatic heterocycles. The highest BCUT2D eigenvalue weighted by Crippen LogP contribution is 2.25. The molecule has 162 valence electrons. The smallest absolute Gasteiger partial charge is 0.304 e. The standard InChI is InChI=1S/C26H26N4O2/c1-18-9-13-21(14-10-18)25(31)27-23-24(20-7-5-4-6-8-20)30(28-26(23)32)17-19-11-15-22(16-12-19)29(2)3/h4-17,23-24H,1-3H3,(H-,27,28,31,32)/p+1/t23-,24+/m0/s1. The van der Waals surface area contributed by atoms with Gasteiger partial charge in [0.15, 0.2) is 6.04 Å². The lowest BCUT2D eigenvalue weighted by Crippen LogP contribution is -2.42. The van der Waals surface area contributed by atoms with E-state index in [4.69, 9.17) is 0 Å².